The molecule has 0 unspecified atom stereocenters. The van der Waals surface area contributed by atoms with Crippen molar-refractivity contribution in [2.75, 3.05) is 16.7 Å². The first kappa shape index (κ1) is 21.0. The van der Waals surface area contributed by atoms with Gasteiger partial charge < -0.3 is 4.42 Å². The number of nitrogens with one attached hydrogen (secondary N) is 1. The van der Waals surface area contributed by atoms with Crippen LogP contribution < -0.4 is 9.62 Å². The summed E-state index contributed by atoms with van der Waals surface area (Å²) >= 11 is 7.03. The van der Waals surface area contributed by atoms with Gasteiger partial charge in [-0.25, -0.2) is 22.7 Å². The van der Waals surface area contributed by atoms with Gasteiger partial charge in [-0.1, -0.05) is 17.7 Å². The lowest BCUT2D eigenvalue weighted by Crippen LogP contribution is -2.26. The summed E-state index contributed by atoms with van der Waals surface area (Å²) in [7, 11) is -2.66. The molecule has 0 aliphatic carbocycles. The third-order valence-electron chi connectivity index (χ3n) is 4.11. The largest absolute Gasteiger partial charge is 0.417 e. The summed E-state index contributed by atoms with van der Waals surface area (Å²) < 4.78 is 31.6. The Hall–Kier alpha value is -3.28. The zero-order valence-corrected chi connectivity index (χ0v) is 18.3. The first-order chi connectivity index (χ1) is 14.8. The molecular formula is C19H14ClN5O4S2. The minimum absolute atomic E-state index is 0.00781. The number of anilines is 2. The summed E-state index contributed by atoms with van der Waals surface area (Å²) in [6.07, 6.45) is 2.80. The van der Waals surface area contributed by atoms with E-state index in [4.69, 9.17) is 16.0 Å². The van der Waals surface area contributed by atoms with Crippen LogP contribution in [-0.4, -0.2) is 36.3 Å². The predicted molar refractivity (Wildman–Crippen MR) is 117 cm³/mol. The van der Waals surface area contributed by atoms with E-state index in [1.165, 1.54) is 42.6 Å². The van der Waals surface area contributed by atoms with Crippen LogP contribution in [0.4, 0.5) is 11.1 Å². The molecule has 0 radical (unpaired) electrons. The molecule has 0 fully saturated rings. The van der Waals surface area contributed by atoms with Gasteiger partial charge in [-0.2, -0.15) is 0 Å². The van der Waals surface area contributed by atoms with Gasteiger partial charge in [0.2, 0.25) is 5.76 Å². The van der Waals surface area contributed by atoms with Crippen LogP contribution in [0.1, 0.15) is 10.6 Å². The fraction of sp³-hybridized carbons (Fsp3) is 0.0526. The molecule has 12 heteroatoms. The van der Waals surface area contributed by atoms with Gasteiger partial charge >= 0.3 is 6.01 Å². The van der Waals surface area contributed by atoms with Crippen LogP contribution in [0.2, 0.25) is 5.02 Å². The highest BCUT2D eigenvalue weighted by Crippen LogP contribution is 2.25. The van der Waals surface area contributed by atoms with E-state index in [0.717, 1.165) is 10.5 Å². The molecule has 0 atom stereocenters. The Bertz CT molecular complexity index is 1320. The van der Waals surface area contributed by atoms with Gasteiger partial charge in [-0.15, -0.1) is 11.3 Å². The first-order valence-corrected chi connectivity index (χ1v) is 11.4. The third kappa shape index (κ3) is 4.43. The zero-order valence-electron chi connectivity index (χ0n) is 15.9. The second-order valence-corrected chi connectivity index (χ2v) is 9.40. The Kier molecular flexibility index (Phi) is 5.72. The summed E-state index contributed by atoms with van der Waals surface area (Å²) in [6.45, 7) is 0. The lowest BCUT2D eigenvalue weighted by atomic mass is 10.3. The first-order valence-electron chi connectivity index (χ1n) is 8.73. The number of hydrogen-bond donors (Lipinski definition) is 1. The maximum atomic E-state index is 12.7. The van der Waals surface area contributed by atoms with Gasteiger partial charge in [0.1, 0.15) is 5.69 Å². The van der Waals surface area contributed by atoms with Crippen LogP contribution in [0, 0.1) is 0 Å². The van der Waals surface area contributed by atoms with E-state index >= 15 is 0 Å². The van der Waals surface area contributed by atoms with Gasteiger partial charge in [-0.05, 0) is 36.4 Å². The van der Waals surface area contributed by atoms with Gasteiger partial charge in [0.05, 0.1) is 16.8 Å². The molecule has 0 aliphatic rings. The van der Waals surface area contributed by atoms with Crippen molar-refractivity contribution >= 4 is 50.0 Å². The number of carbonyl (C=O) groups is 1. The molecule has 0 saturated carbocycles. The Morgan fingerprint density at radius 1 is 1.13 bits per heavy atom. The number of benzene rings is 1. The second-order valence-electron chi connectivity index (χ2n) is 6.14. The van der Waals surface area contributed by atoms with E-state index < -0.39 is 15.9 Å². The van der Waals surface area contributed by atoms with E-state index in [2.05, 4.69) is 20.3 Å². The molecule has 4 aromatic rings. The molecule has 1 aromatic carbocycles. The number of carbonyl (C=O) groups excluding carboxylic acids is 1. The predicted octanol–water partition coefficient (Wildman–Crippen LogP) is 3.92. The van der Waals surface area contributed by atoms with Crippen LogP contribution in [0.3, 0.4) is 0 Å². The fourth-order valence-electron chi connectivity index (χ4n) is 2.50. The average molecular weight is 476 g/mol. The van der Waals surface area contributed by atoms with Crippen molar-refractivity contribution in [1.29, 1.82) is 0 Å². The normalized spacial score (nSPS) is 11.3. The molecule has 31 heavy (non-hydrogen) atoms. The number of nitrogens with zero attached hydrogens (tertiary/aromatic N) is 4. The quantitative estimate of drug-likeness (QED) is 0.448. The summed E-state index contributed by atoms with van der Waals surface area (Å²) in [6, 6.07) is 10.8. The molecule has 0 spiro atoms. The summed E-state index contributed by atoms with van der Waals surface area (Å²) in [4.78, 5) is 24.9. The summed E-state index contributed by atoms with van der Waals surface area (Å²) in [5.74, 6) is -0.777. The van der Waals surface area contributed by atoms with Crippen LogP contribution >= 0.6 is 22.9 Å². The smallest absolute Gasteiger partial charge is 0.312 e. The molecule has 3 heterocycles. The molecule has 1 N–H and O–H groups in total. The highest BCUT2D eigenvalue weighted by Gasteiger charge is 2.26. The number of aromatic nitrogens is 3. The Labute approximate surface area is 186 Å². The molecule has 1 amide bonds. The topological polar surface area (TPSA) is 118 Å². The lowest BCUT2D eigenvalue weighted by Gasteiger charge is -2.15. The van der Waals surface area contributed by atoms with Crippen molar-refractivity contribution in [3.05, 3.63) is 71.0 Å². The summed E-state index contributed by atoms with van der Waals surface area (Å²) in [5.41, 5.74) is 1.29. The van der Waals surface area contributed by atoms with E-state index in [9.17, 15) is 13.2 Å². The minimum Gasteiger partial charge on any atom is -0.417 e. The summed E-state index contributed by atoms with van der Waals surface area (Å²) in [5, 5.41) is 5.11. The number of pyridine rings is 1. The van der Waals surface area contributed by atoms with E-state index in [1.807, 2.05) is 6.07 Å². The SMILES string of the molecule is CN(c1ncc(C(=O)Nc2nc(-c3ccccn3)cs2)o1)S(=O)(=O)c1ccc(Cl)cc1. The molecule has 0 saturated heterocycles. The number of sulfonamides is 1. The van der Waals surface area contributed by atoms with E-state index in [0.29, 0.717) is 21.5 Å². The molecule has 3 aromatic heterocycles. The van der Waals surface area contributed by atoms with Gasteiger partial charge in [-0.3, -0.25) is 15.1 Å². The van der Waals surface area contributed by atoms with Crippen molar-refractivity contribution in [1.82, 2.24) is 15.0 Å². The van der Waals surface area contributed by atoms with Crippen molar-refractivity contribution in [2.45, 2.75) is 4.90 Å². The number of oxazole rings is 1. The zero-order chi connectivity index (χ0) is 22.0. The average Bonchev–Trinajstić information content (AvgIpc) is 3.44. The molecule has 158 valence electrons. The standard InChI is InChI=1S/C19H14ClN5O4S2/c1-25(31(27,28)13-7-5-12(20)6-8-13)19-22-10-16(29-19)17(26)24-18-23-15(11-30-18)14-4-2-3-9-21-14/h2-11H,1H3,(H,23,24,26). The highest BCUT2D eigenvalue weighted by molar-refractivity contribution is 7.92. The fourth-order valence-corrected chi connectivity index (χ4v) is 4.42. The van der Waals surface area contributed by atoms with Crippen molar-refractivity contribution in [2.24, 2.45) is 0 Å². The van der Waals surface area contributed by atoms with E-state index in [-0.39, 0.29) is 16.7 Å². The Morgan fingerprint density at radius 2 is 1.90 bits per heavy atom. The minimum atomic E-state index is -3.94. The molecular weight excluding hydrogens is 462 g/mol. The van der Waals surface area contributed by atoms with Crippen molar-refractivity contribution in [3.8, 4) is 11.4 Å². The van der Waals surface area contributed by atoms with Crippen LogP contribution in [0.25, 0.3) is 11.4 Å². The van der Waals surface area contributed by atoms with E-state index in [1.54, 1.807) is 23.7 Å². The Balaban J connectivity index is 1.49. The number of thiazole rings is 1. The number of rotatable bonds is 6. The second kappa shape index (κ2) is 8.46. The monoisotopic (exact) mass is 475 g/mol. The molecule has 4 rings (SSSR count). The molecule has 9 nitrogen and oxygen atoms in total. The highest BCUT2D eigenvalue weighted by atomic mass is 35.5. The maximum Gasteiger partial charge on any atom is 0.312 e. The number of amides is 1. The van der Waals surface area contributed by atoms with Crippen molar-refractivity contribution < 1.29 is 17.6 Å². The van der Waals surface area contributed by atoms with Gasteiger partial charge in [0.15, 0.2) is 5.13 Å². The molecule has 0 aliphatic heterocycles. The third-order valence-corrected chi connectivity index (χ3v) is 6.87. The molecule has 0 bridgehead atoms. The maximum absolute atomic E-state index is 12.7. The lowest BCUT2D eigenvalue weighted by molar-refractivity contribution is 0.0997. The van der Waals surface area contributed by atoms with Gasteiger partial charge in [0.25, 0.3) is 15.9 Å². The van der Waals surface area contributed by atoms with Crippen LogP contribution in [0.5, 0.6) is 0 Å². The van der Waals surface area contributed by atoms with Crippen LogP contribution in [-0.2, 0) is 10.0 Å². The number of halogens is 1. The van der Waals surface area contributed by atoms with Crippen LogP contribution in [0.15, 0.2) is 69.6 Å². The van der Waals surface area contributed by atoms with Gasteiger partial charge in [0, 0.05) is 23.6 Å². The number of hydrogen-bond acceptors (Lipinski definition) is 8. The Morgan fingerprint density at radius 3 is 2.61 bits per heavy atom. The van der Waals surface area contributed by atoms with Crippen molar-refractivity contribution in [3.63, 3.8) is 0 Å².